The quantitative estimate of drug-likeness (QED) is 0.490. The molecule has 7 nitrogen and oxygen atoms in total. The molecule has 1 atom stereocenters. The lowest BCUT2D eigenvalue weighted by molar-refractivity contribution is -0.127. The van der Waals surface area contributed by atoms with Gasteiger partial charge in [-0.3, -0.25) is 24.3 Å². The number of carbonyl (C=O) groups is 3. The lowest BCUT2D eigenvalue weighted by Gasteiger charge is -2.33. The van der Waals surface area contributed by atoms with E-state index in [-0.39, 0.29) is 30.3 Å². The third-order valence-electron chi connectivity index (χ3n) is 6.18. The first-order valence-corrected chi connectivity index (χ1v) is 12.8. The fourth-order valence-corrected chi connectivity index (χ4v) is 5.00. The molecule has 0 radical (unpaired) electrons. The predicted octanol–water partition coefficient (Wildman–Crippen LogP) is 4.40. The number of nitrogens with one attached hydrogen (secondary N) is 2. The summed E-state index contributed by atoms with van der Waals surface area (Å²) in [7, 11) is 0. The fourth-order valence-electron chi connectivity index (χ4n) is 4.36. The number of carbonyl (C=O) groups excluding carboxylic acids is 3. The van der Waals surface area contributed by atoms with E-state index in [1.807, 2.05) is 36.6 Å². The van der Waals surface area contributed by atoms with Crippen LogP contribution in [0, 0.1) is 6.92 Å². The van der Waals surface area contributed by atoms with Crippen molar-refractivity contribution < 1.29 is 14.4 Å². The van der Waals surface area contributed by atoms with Gasteiger partial charge in [0, 0.05) is 29.7 Å². The van der Waals surface area contributed by atoms with Crippen molar-refractivity contribution in [2.75, 3.05) is 11.4 Å². The molecular formula is C27H30N4O3S. The van der Waals surface area contributed by atoms with E-state index in [1.165, 1.54) is 22.7 Å². The van der Waals surface area contributed by atoms with E-state index in [0.29, 0.717) is 16.1 Å². The number of benzene rings is 1. The van der Waals surface area contributed by atoms with Gasteiger partial charge in [-0.05, 0) is 49.4 Å². The van der Waals surface area contributed by atoms with Crippen molar-refractivity contribution in [3.8, 4) is 0 Å². The first kappa shape index (κ1) is 24.6. The summed E-state index contributed by atoms with van der Waals surface area (Å²) in [6, 6.07) is 13.7. The summed E-state index contributed by atoms with van der Waals surface area (Å²) >= 11 is 1.31. The smallest absolute Gasteiger partial charge is 0.261 e. The molecule has 3 aromatic rings. The Labute approximate surface area is 209 Å². The first-order valence-electron chi connectivity index (χ1n) is 11.9. The molecule has 2 N–H and O–H groups in total. The Morgan fingerprint density at radius 3 is 2.49 bits per heavy atom. The van der Waals surface area contributed by atoms with Gasteiger partial charge in [-0.1, -0.05) is 49.1 Å². The van der Waals surface area contributed by atoms with Crippen LogP contribution in [0.2, 0.25) is 0 Å². The number of rotatable bonds is 8. The fraction of sp³-hybridized carbons (Fsp3) is 0.333. The first-order chi connectivity index (χ1) is 17.0. The second-order valence-corrected chi connectivity index (χ2v) is 9.74. The number of aryl methyl sites for hydroxylation is 1. The van der Waals surface area contributed by atoms with Crippen LogP contribution in [0.15, 0.2) is 66.3 Å². The molecule has 1 aliphatic carbocycles. The van der Waals surface area contributed by atoms with Crippen molar-refractivity contribution in [1.29, 1.82) is 0 Å². The van der Waals surface area contributed by atoms with Crippen molar-refractivity contribution in [3.05, 3.63) is 82.3 Å². The van der Waals surface area contributed by atoms with Crippen LogP contribution >= 0.6 is 11.3 Å². The van der Waals surface area contributed by atoms with Crippen LogP contribution in [0.1, 0.15) is 58.9 Å². The Morgan fingerprint density at radius 1 is 1.06 bits per heavy atom. The van der Waals surface area contributed by atoms with Crippen molar-refractivity contribution in [2.24, 2.45) is 0 Å². The molecule has 35 heavy (non-hydrogen) atoms. The number of aromatic nitrogens is 1. The molecule has 1 aromatic carbocycles. The third kappa shape index (κ3) is 6.33. The van der Waals surface area contributed by atoms with Crippen LogP contribution in [0.5, 0.6) is 0 Å². The number of nitrogens with zero attached hydrogens (tertiary/aromatic N) is 2. The molecule has 182 valence electrons. The van der Waals surface area contributed by atoms with Gasteiger partial charge in [-0.15, -0.1) is 11.3 Å². The van der Waals surface area contributed by atoms with Gasteiger partial charge in [0.15, 0.2) is 0 Å². The monoisotopic (exact) mass is 490 g/mol. The van der Waals surface area contributed by atoms with Crippen molar-refractivity contribution >= 4 is 34.7 Å². The number of hydrogen-bond acceptors (Lipinski definition) is 5. The molecule has 3 amide bonds. The van der Waals surface area contributed by atoms with Gasteiger partial charge < -0.3 is 10.6 Å². The summed E-state index contributed by atoms with van der Waals surface area (Å²) in [4.78, 5) is 46.0. The number of pyridine rings is 1. The van der Waals surface area contributed by atoms with Crippen molar-refractivity contribution in [1.82, 2.24) is 15.6 Å². The molecule has 2 aromatic heterocycles. The van der Waals surface area contributed by atoms with E-state index in [9.17, 15) is 14.4 Å². The highest BCUT2D eigenvalue weighted by Gasteiger charge is 2.34. The summed E-state index contributed by atoms with van der Waals surface area (Å²) in [6.07, 6.45) is 8.45. The van der Waals surface area contributed by atoms with E-state index in [2.05, 4.69) is 15.6 Å². The van der Waals surface area contributed by atoms with E-state index in [0.717, 1.165) is 31.2 Å². The molecule has 0 aliphatic heterocycles. The number of thiophene rings is 1. The average Bonchev–Trinajstić information content (AvgIpc) is 3.43. The molecule has 8 heteroatoms. The third-order valence-corrected chi connectivity index (χ3v) is 7.05. The van der Waals surface area contributed by atoms with Gasteiger partial charge >= 0.3 is 0 Å². The minimum Gasteiger partial charge on any atom is -0.351 e. The maximum atomic E-state index is 13.7. The van der Waals surface area contributed by atoms with Gasteiger partial charge in [0.1, 0.15) is 6.04 Å². The SMILES string of the molecule is Cc1ccc(N(C(=O)CNC(=O)c2cccs2)C(C(=O)NC2CCCCC2)c2cccnc2)cc1. The summed E-state index contributed by atoms with van der Waals surface area (Å²) in [6.45, 7) is 1.73. The van der Waals surface area contributed by atoms with Gasteiger partial charge in [0.25, 0.3) is 5.91 Å². The van der Waals surface area contributed by atoms with Crippen LogP contribution in [-0.4, -0.2) is 35.3 Å². The highest BCUT2D eigenvalue weighted by atomic mass is 32.1. The minimum atomic E-state index is -0.917. The van der Waals surface area contributed by atoms with Gasteiger partial charge in [0.05, 0.1) is 11.4 Å². The van der Waals surface area contributed by atoms with Crippen LogP contribution in [0.3, 0.4) is 0 Å². The molecular weight excluding hydrogens is 460 g/mol. The second kappa shape index (κ2) is 11.8. The Kier molecular flexibility index (Phi) is 8.26. The van der Waals surface area contributed by atoms with E-state index >= 15 is 0 Å². The standard InChI is InChI=1S/C27H30N4O3S/c1-19-11-13-22(14-12-19)31(24(32)18-29-26(33)23-10-6-16-35-23)25(20-7-5-15-28-17-20)27(34)30-21-8-3-2-4-9-21/h5-7,10-17,21,25H,2-4,8-9,18H2,1H3,(H,29,33)(H,30,34). The molecule has 2 heterocycles. The Morgan fingerprint density at radius 2 is 1.83 bits per heavy atom. The normalized spacial score (nSPS) is 14.7. The van der Waals surface area contributed by atoms with E-state index in [4.69, 9.17) is 0 Å². The highest BCUT2D eigenvalue weighted by Crippen LogP contribution is 2.29. The lowest BCUT2D eigenvalue weighted by atomic mass is 9.94. The zero-order chi connectivity index (χ0) is 24.6. The zero-order valence-corrected chi connectivity index (χ0v) is 20.6. The topological polar surface area (TPSA) is 91.4 Å². The van der Waals surface area contributed by atoms with Gasteiger partial charge in [0.2, 0.25) is 11.8 Å². The molecule has 1 unspecified atom stereocenters. The minimum absolute atomic E-state index is 0.0870. The number of amides is 3. The number of hydrogen-bond donors (Lipinski definition) is 2. The molecule has 0 saturated heterocycles. The predicted molar refractivity (Wildman–Crippen MR) is 137 cm³/mol. The zero-order valence-electron chi connectivity index (χ0n) is 19.8. The number of anilines is 1. The van der Waals surface area contributed by atoms with Gasteiger partial charge in [-0.25, -0.2) is 0 Å². The maximum absolute atomic E-state index is 13.7. The van der Waals surface area contributed by atoms with Crippen LogP contribution < -0.4 is 15.5 Å². The summed E-state index contributed by atoms with van der Waals surface area (Å²) < 4.78 is 0. The Hall–Kier alpha value is -3.52. The van der Waals surface area contributed by atoms with Crippen LogP contribution in [-0.2, 0) is 9.59 Å². The summed E-state index contributed by atoms with van der Waals surface area (Å²) in [5.74, 6) is -0.948. The van der Waals surface area contributed by atoms with Crippen molar-refractivity contribution in [2.45, 2.75) is 51.1 Å². The second-order valence-electron chi connectivity index (χ2n) is 8.79. The largest absolute Gasteiger partial charge is 0.351 e. The maximum Gasteiger partial charge on any atom is 0.261 e. The van der Waals surface area contributed by atoms with E-state index in [1.54, 1.807) is 36.7 Å². The summed E-state index contributed by atoms with van der Waals surface area (Å²) in [5, 5.41) is 7.69. The molecule has 1 aliphatic rings. The summed E-state index contributed by atoms with van der Waals surface area (Å²) in [5.41, 5.74) is 2.23. The van der Waals surface area contributed by atoms with Crippen LogP contribution in [0.25, 0.3) is 0 Å². The molecule has 4 rings (SSSR count). The molecule has 1 saturated carbocycles. The highest BCUT2D eigenvalue weighted by molar-refractivity contribution is 7.12. The van der Waals surface area contributed by atoms with Gasteiger partial charge in [-0.2, -0.15) is 0 Å². The Bertz CT molecular complexity index is 1130. The average molecular weight is 491 g/mol. The molecule has 1 fully saturated rings. The molecule has 0 spiro atoms. The Balaban J connectivity index is 1.65. The molecule has 0 bridgehead atoms. The lowest BCUT2D eigenvalue weighted by Crippen LogP contribution is -2.49. The van der Waals surface area contributed by atoms with Crippen LogP contribution in [0.4, 0.5) is 5.69 Å². The van der Waals surface area contributed by atoms with E-state index < -0.39 is 6.04 Å². The van der Waals surface area contributed by atoms with Crippen molar-refractivity contribution in [3.63, 3.8) is 0 Å².